The molecule has 2 aromatic heterocycles. The van der Waals surface area contributed by atoms with Gasteiger partial charge in [0.05, 0.1) is 40.0 Å². The first-order valence-corrected chi connectivity index (χ1v) is 26.5. The van der Waals surface area contributed by atoms with Crippen LogP contribution in [0.5, 0.6) is 5.75 Å². The Morgan fingerprint density at radius 3 is 1.68 bits per heavy atom. The van der Waals surface area contributed by atoms with Crippen molar-refractivity contribution in [1.82, 2.24) is 19.1 Å². The van der Waals surface area contributed by atoms with Crippen LogP contribution in [0.4, 0.5) is 5.69 Å². The third-order valence-corrected chi connectivity index (χ3v) is 14.8. The molecule has 0 saturated carbocycles. The minimum atomic E-state index is -0.457. The maximum absolute atomic E-state index is 12.6. The number of hydrogen-bond donors (Lipinski definition) is 1. The van der Waals surface area contributed by atoms with Crippen LogP contribution in [0.2, 0.25) is 0 Å². The van der Waals surface area contributed by atoms with E-state index in [4.69, 9.17) is 16.5 Å². The Labute approximate surface area is 444 Å². The number of phenols is 1. The molecule has 1 N–H and O–H groups in total. The van der Waals surface area contributed by atoms with Gasteiger partial charge < -0.3 is 5.11 Å². The largest absolute Gasteiger partial charge is 0.507 e. The number of fused-ring (bicyclic) bond motifs is 2. The van der Waals surface area contributed by atoms with Gasteiger partial charge in [-0.15, -0.1) is 0 Å². The highest BCUT2D eigenvalue weighted by molar-refractivity contribution is 5.98. The molecule has 0 saturated heterocycles. The second kappa shape index (κ2) is 19.0. The molecule has 0 aliphatic heterocycles. The molecule has 6 nitrogen and oxygen atoms in total. The fourth-order valence-corrected chi connectivity index (χ4v) is 10.6. The van der Waals surface area contributed by atoms with Crippen LogP contribution in [0.1, 0.15) is 130 Å². The van der Waals surface area contributed by atoms with Crippen molar-refractivity contribution in [3.63, 3.8) is 0 Å². The van der Waals surface area contributed by atoms with Crippen LogP contribution in [0.3, 0.4) is 0 Å². The monoisotopic (exact) mass is 984 g/mol. The standard InChI is InChI=1S/C69H69N5O/c1-42(2)53-37-46(44-24-17-15-18-25-44)38-54(43(3)4)63(53)74-61-31-23-28-52(62(61)72-66(74)56-40-51(70-14)41-57(64(56)75)69(11,12)13)47-34-48(36-50(35-47)68(8,9)10)65-71-58-29-21-22-30-60(58)73(65)59-33-32-49(67(5,6)7)39-55(59)45-26-19-16-20-27-45/h15-43,75H,1-13H3. The summed E-state index contributed by atoms with van der Waals surface area (Å²) < 4.78 is 4.64. The van der Waals surface area contributed by atoms with Gasteiger partial charge in [0, 0.05) is 22.3 Å². The van der Waals surface area contributed by atoms with Crippen LogP contribution >= 0.6 is 0 Å². The molecule has 10 aromatic rings. The van der Waals surface area contributed by atoms with Crippen molar-refractivity contribution in [2.45, 2.75) is 118 Å². The molecule has 75 heavy (non-hydrogen) atoms. The van der Waals surface area contributed by atoms with E-state index in [1.807, 2.05) is 12.1 Å². The van der Waals surface area contributed by atoms with Gasteiger partial charge in [-0.05, 0) is 145 Å². The summed E-state index contributed by atoms with van der Waals surface area (Å²) in [6, 6.07) is 58.4. The molecule has 376 valence electrons. The van der Waals surface area contributed by atoms with E-state index in [1.165, 1.54) is 16.7 Å². The number of para-hydroxylation sites is 3. The summed E-state index contributed by atoms with van der Waals surface area (Å²) in [7, 11) is 0. The molecule has 0 unspecified atom stereocenters. The van der Waals surface area contributed by atoms with E-state index < -0.39 is 5.41 Å². The first-order valence-electron chi connectivity index (χ1n) is 26.5. The highest BCUT2D eigenvalue weighted by Crippen LogP contribution is 2.48. The zero-order valence-electron chi connectivity index (χ0n) is 45.9. The SMILES string of the molecule is [C-]#[N+]c1cc(-c2nc3c(-c4cc(-c5nc6ccccc6n5-c5ccc(C(C)(C)C)cc5-c5ccccc5)cc(C(C)(C)C)c4)cccc3n2-c2c(C(C)C)cc(-c3ccccc3)cc2C(C)C)c(O)c(C(C)(C)C)c1. The van der Waals surface area contributed by atoms with E-state index in [2.05, 4.69) is 256 Å². The van der Waals surface area contributed by atoms with E-state index in [-0.39, 0.29) is 28.4 Å². The van der Waals surface area contributed by atoms with Crippen molar-refractivity contribution < 1.29 is 5.11 Å². The maximum atomic E-state index is 12.6. The lowest BCUT2D eigenvalue weighted by Crippen LogP contribution is -2.12. The number of rotatable bonds is 9. The molecule has 2 heterocycles. The highest BCUT2D eigenvalue weighted by atomic mass is 16.3. The summed E-state index contributed by atoms with van der Waals surface area (Å²) in [6.07, 6.45) is 0. The fourth-order valence-electron chi connectivity index (χ4n) is 10.6. The van der Waals surface area contributed by atoms with Gasteiger partial charge in [-0.1, -0.05) is 187 Å². The van der Waals surface area contributed by atoms with Gasteiger partial charge in [0.1, 0.15) is 17.4 Å². The molecule has 10 rings (SSSR count). The van der Waals surface area contributed by atoms with Gasteiger partial charge in [0.15, 0.2) is 5.69 Å². The van der Waals surface area contributed by atoms with Gasteiger partial charge in [0.2, 0.25) is 0 Å². The van der Waals surface area contributed by atoms with Crippen molar-refractivity contribution in [3.8, 4) is 73.3 Å². The highest BCUT2D eigenvalue weighted by Gasteiger charge is 2.30. The second-order valence-corrected chi connectivity index (χ2v) is 24.0. The molecule has 0 bridgehead atoms. The third-order valence-electron chi connectivity index (χ3n) is 14.8. The first-order chi connectivity index (χ1) is 35.6. The summed E-state index contributed by atoms with van der Waals surface area (Å²) in [5.74, 6) is 1.82. The lowest BCUT2D eigenvalue weighted by Gasteiger charge is -2.26. The van der Waals surface area contributed by atoms with Crippen LogP contribution in [0.25, 0.3) is 94.4 Å². The molecule has 0 fully saturated rings. The third kappa shape index (κ3) is 9.35. The van der Waals surface area contributed by atoms with E-state index in [9.17, 15) is 5.11 Å². The minimum Gasteiger partial charge on any atom is -0.507 e. The lowest BCUT2D eigenvalue weighted by atomic mass is 9.83. The van der Waals surface area contributed by atoms with Crippen molar-refractivity contribution in [2.75, 3.05) is 0 Å². The van der Waals surface area contributed by atoms with Crippen molar-refractivity contribution >= 4 is 27.8 Å². The maximum Gasteiger partial charge on any atom is 0.188 e. The van der Waals surface area contributed by atoms with Crippen LogP contribution < -0.4 is 0 Å². The van der Waals surface area contributed by atoms with E-state index in [0.717, 1.165) is 83.8 Å². The molecule has 0 atom stereocenters. The summed E-state index contributed by atoms with van der Waals surface area (Å²) >= 11 is 0. The summed E-state index contributed by atoms with van der Waals surface area (Å²) in [4.78, 5) is 15.2. The fraction of sp³-hybridized carbons (Fsp3) is 0.261. The predicted molar refractivity (Wildman–Crippen MR) is 315 cm³/mol. The number of imidazole rings is 2. The van der Waals surface area contributed by atoms with Crippen LogP contribution in [-0.2, 0) is 16.2 Å². The Hall–Kier alpha value is -8.01. The van der Waals surface area contributed by atoms with Crippen LogP contribution in [0.15, 0.2) is 164 Å². The molecule has 0 spiro atoms. The molecule has 0 aliphatic carbocycles. The van der Waals surface area contributed by atoms with Crippen molar-refractivity contribution in [3.05, 3.63) is 203 Å². The topological polar surface area (TPSA) is 60.2 Å². The number of phenolic OH excluding ortho intramolecular Hbond substituents is 1. The Morgan fingerprint density at radius 1 is 0.467 bits per heavy atom. The van der Waals surface area contributed by atoms with Gasteiger partial charge in [-0.2, -0.15) is 0 Å². The Kier molecular flexibility index (Phi) is 12.8. The quantitative estimate of drug-likeness (QED) is 0.147. The van der Waals surface area contributed by atoms with Crippen molar-refractivity contribution in [1.29, 1.82) is 0 Å². The van der Waals surface area contributed by atoms with E-state index >= 15 is 0 Å². The summed E-state index contributed by atoms with van der Waals surface area (Å²) in [5.41, 5.74) is 19.0. The number of hydrogen-bond acceptors (Lipinski definition) is 3. The number of nitrogens with zero attached hydrogens (tertiary/aromatic N) is 5. The molecule has 8 aromatic carbocycles. The molecule has 0 radical (unpaired) electrons. The minimum absolute atomic E-state index is 0.0581. The first kappa shape index (κ1) is 50.5. The van der Waals surface area contributed by atoms with Gasteiger partial charge in [-0.25, -0.2) is 14.8 Å². The molecular formula is C69H69N5O. The van der Waals surface area contributed by atoms with Gasteiger partial charge in [0.25, 0.3) is 0 Å². The average Bonchev–Trinajstić information content (AvgIpc) is 3.97. The molecule has 6 heteroatoms. The van der Waals surface area contributed by atoms with Gasteiger partial charge >= 0.3 is 0 Å². The Balaban J connectivity index is 1.30. The molecular weight excluding hydrogens is 915 g/mol. The number of aromatic nitrogens is 4. The smallest absolute Gasteiger partial charge is 0.188 e. The number of benzene rings is 8. The van der Waals surface area contributed by atoms with E-state index in [1.54, 1.807) is 0 Å². The van der Waals surface area contributed by atoms with Crippen molar-refractivity contribution in [2.24, 2.45) is 0 Å². The van der Waals surface area contributed by atoms with Crippen LogP contribution in [-0.4, -0.2) is 24.2 Å². The molecule has 0 aliphatic rings. The van der Waals surface area contributed by atoms with Crippen LogP contribution in [0, 0.1) is 6.57 Å². The zero-order chi connectivity index (χ0) is 53.3. The van der Waals surface area contributed by atoms with E-state index in [0.29, 0.717) is 22.6 Å². The predicted octanol–water partition coefficient (Wildman–Crippen LogP) is 19.1. The zero-order valence-corrected chi connectivity index (χ0v) is 45.9. The normalized spacial score (nSPS) is 12.3. The second-order valence-electron chi connectivity index (χ2n) is 24.0. The number of aromatic hydroxyl groups is 1. The van der Waals surface area contributed by atoms with Gasteiger partial charge in [-0.3, -0.25) is 9.13 Å². The molecule has 0 amide bonds. The Bertz CT molecular complexity index is 3810. The Morgan fingerprint density at radius 2 is 1.07 bits per heavy atom. The average molecular weight is 984 g/mol. The summed E-state index contributed by atoms with van der Waals surface area (Å²) in [6.45, 7) is 37.2. The lowest BCUT2D eigenvalue weighted by molar-refractivity contribution is 0.448. The summed E-state index contributed by atoms with van der Waals surface area (Å²) in [5, 5.41) is 12.6.